The van der Waals surface area contributed by atoms with Gasteiger partial charge in [-0.05, 0) is 24.6 Å². The van der Waals surface area contributed by atoms with E-state index in [0.29, 0.717) is 0 Å². The Kier molecular flexibility index (Phi) is 3.21. The van der Waals surface area contributed by atoms with E-state index >= 15 is 0 Å². The molecule has 0 spiro atoms. The summed E-state index contributed by atoms with van der Waals surface area (Å²) in [5.41, 5.74) is 2.35. The van der Waals surface area contributed by atoms with Crippen LogP contribution in [0.25, 0.3) is 9.75 Å². The first-order valence-electron chi connectivity index (χ1n) is 4.93. The second kappa shape index (κ2) is 4.47. The van der Waals surface area contributed by atoms with E-state index in [4.69, 9.17) is 9.47 Å². The average molecular weight is 254 g/mol. The van der Waals surface area contributed by atoms with Crippen molar-refractivity contribution in [2.75, 3.05) is 14.2 Å². The predicted molar refractivity (Wildman–Crippen MR) is 70.2 cm³/mol. The topological polar surface area (TPSA) is 18.5 Å². The minimum Gasteiger partial charge on any atom is -0.495 e. The molecule has 0 aliphatic heterocycles. The van der Waals surface area contributed by atoms with E-state index in [1.54, 1.807) is 36.9 Å². The maximum atomic E-state index is 5.44. The lowest BCUT2D eigenvalue weighted by atomic mass is 10.2. The van der Waals surface area contributed by atoms with Crippen LogP contribution >= 0.6 is 22.7 Å². The number of methoxy groups -OCH3 is 2. The van der Waals surface area contributed by atoms with Crippen molar-refractivity contribution in [1.29, 1.82) is 0 Å². The fourth-order valence-electron chi connectivity index (χ4n) is 1.69. The minimum absolute atomic E-state index is 0.963. The van der Waals surface area contributed by atoms with Gasteiger partial charge in [-0.15, -0.1) is 22.7 Å². The Labute approximate surface area is 103 Å². The molecule has 0 atom stereocenters. The van der Waals surface area contributed by atoms with Crippen molar-refractivity contribution in [3.8, 4) is 21.3 Å². The summed E-state index contributed by atoms with van der Waals surface area (Å²) >= 11 is 3.40. The molecule has 2 nitrogen and oxygen atoms in total. The molecule has 0 aromatic carbocycles. The van der Waals surface area contributed by atoms with Crippen molar-refractivity contribution >= 4 is 22.7 Å². The molecule has 2 aromatic rings. The van der Waals surface area contributed by atoms with Gasteiger partial charge in [0.15, 0.2) is 0 Å². The largest absolute Gasteiger partial charge is 0.495 e. The van der Waals surface area contributed by atoms with Gasteiger partial charge in [-0.1, -0.05) is 0 Å². The van der Waals surface area contributed by atoms with Crippen LogP contribution in [0.5, 0.6) is 11.5 Å². The molecule has 0 bridgehead atoms. The Morgan fingerprint density at radius 1 is 0.812 bits per heavy atom. The Morgan fingerprint density at radius 3 is 1.50 bits per heavy atom. The third kappa shape index (κ3) is 1.72. The zero-order valence-corrected chi connectivity index (χ0v) is 11.4. The van der Waals surface area contributed by atoms with E-state index in [1.165, 1.54) is 11.1 Å². The van der Waals surface area contributed by atoms with E-state index < -0.39 is 0 Å². The summed E-state index contributed by atoms with van der Waals surface area (Å²) in [6.45, 7) is 4.12. The maximum Gasteiger partial charge on any atom is 0.141 e. The van der Waals surface area contributed by atoms with E-state index in [1.807, 2.05) is 0 Å². The zero-order valence-electron chi connectivity index (χ0n) is 9.79. The molecule has 16 heavy (non-hydrogen) atoms. The van der Waals surface area contributed by atoms with Gasteiger partial charge in [-0.3, -0.25) is 0 Å². The lowest BCUT2D eigenvalue weighted by Crippen LogP contribution is -1.87. The average Bonchev–Trinajstić information content (AvgIpc) is 2.81. The van der Waals surface area contributed by atoms with Crippen molar-refractivity contribution in [2.24, 2.45) is 0 Å². The fourth-order valence-corrected chi connectivity index (χ4v) is 3.88. The fraction of sp³-hybridized carbons (Fsp3) is 0.333. The smallest absolute Gasteiger partial charge is 0.141 e. The van der Waals surface area contributed by atoms with Crippen molar-refractivity contribution in [1.82, 2.24) is 0 Å². The molecule has 86 valence electrons. The summed E-state index contributed by atoms with van der Waals surface area (Å²) in [6.07, 6.45) is 0. The normalized spacial score (nSPS) is 10.5. The number of thiophene rings is 2. The highest BCUT2D eigenvalue weighted by Gasteiger charge is 2.18. The van der Waals surface area contributed by atoms with Crippen LogP contribution in [0, 0.1) is 13.8 Å². The molecule has 0 saturated heterocycles. The van der Waals surface area contributed by atoms with Gasteiger partial charge in [0.25, 0.3) is 0 Å². The second-order valence-corrected chi connectivity index (χ2v) is 5.32. The quantitative estimate of drug-likeness (QED) is 0.820. The van der Waals surface area contributed by atoms with Crippen LogP contribution in [0.4, 0.5) is 0 Å². The molecular formula is C12H14O2S2. The van der Waals surface area contributed by atoms with Gasteiger partial charge in [0.2, 0.25) is 0 Å². The van der Waals surface area contributed by atoms with E-state index in [9.17, 15) is 0 Å². The number of aryl methyl sites for hydroxylation is 2. The molecule has 2 rings (SSSR count). The first kappa shape index (κ1) is 11.5. The summed E-state index contributed by atoms with van der Waals surface area (Å²) in [5, 5.41) is 4.23. The molecule has 0 fully saturated rings. The highest BCUT2D eigenvalue weighted by molar-refractivity contribution is 7.21. The summed E-state index contributed by atoms with van der Waals surface area (Å²) in [6, 6.07) is 0. The number of rotatable bonds is 3. The number of hydrogen-bond acceptors (Lipinski definition) is 4. The third-order valence-corrected chi connectivity index (χ3v) is 4.77. The molecule has 0 aliphatic carbocycles. The molecule has 0 aliphatic rings. The minimum atomic E-state index is 0.963. The van der Waals surface area contributed by atoms with Crippen LogP contribution in [-0.4, -0.2) is 14.2 Å². The van der Waals surface area contributed by atoms with Crippen molar-refractivity contribution in [2.45, 2.75) is 13.8 Å². The van der Waals surface area contributed by atoms with Gasteiger partial charge < -0.3 is 9.47 Å². The highest BCUT2D eigenvalue weighted by Crippen LogP contribution is 2.47. The lowest BCUT2D eigenvalue weighted by molar-refractivity contribution is 0.410. The Bertz CT molecular complexity index is 451. The summed E-state index contributed by atoms with van der Waals surface area (Å²) in [5.74, 6) is 1.93. The molecule has 2 heterocycles. The Hall–Kier alpha value is -1.00. The standard InChI is InChI=1S/C12H14O2S2/c1-7-5-15-11(9(7)13-3)12-10(14-4)8(2)6-16-12/h5-6H,1-4H3. The van der Waals surface area contributed by atoms with Crippen LogP contribution in [-0.2, 0) is 0 Å². The third-order valence-electron chi connectivity index (χ3n) is 2.45. The molecule has 0 amide bonds. The van der Waals surface area contributed by atoms with E-state index in [-0.39, 0.29) is 0 Å². The van der Waals surface area contributed by atoms with Gasteiger partial charge in [-0.25, -0.2) is 0 Å². The molecule has 0 N–H and O–H groups in total. The Morgan fingerprint density at radius 2 is 1.19 bits per heavy atom. The second-order valence-electron chi connectivity index (χ2n) is 3.56. The van der Waals surface area contributed by atoms with Crippen LogP contribution in [0.1, 0.15) is 11.1 Å². The summed E-state index contributed by atoms with van der Waals surface area (Å²) in [4.78, 5) is 2.32. The summed E-state index contributed by atoms with van der Waals surface area (Å²) in [7, 11) is 3.43. The van der Waals surface area contributed by atoms with Gasteiger partial charge >= 0.3 is 0 Å². The van der Waals surface area contributed by atoms with Crippen LogP contribution in [0.3, 0.4) is 0 Å². The lowest BCUT2D eigenvalue weighted by Gasteiger charge is -2.05. The van der Waals surface area contributed by atoms with Crippen molar-refractivity contribution < 1.29 is 9.47 Å². The van der Waals surface area contributed by atoms with E-state index in [0.717, 1.165) is 21.3 Å². The van der Waals surface area contributed by atoms with Gasteiger partial charge in [0, 0.05) is 11.1 Å². The summed E-state index contributed by atoms with van der Waals surface area (Å²) < 4.78 is 10.9. The molecule has 0 saturated carbocycles. The van der Waals surface area contributed by atoms with Crippen LogP contribution < -0.4 is 9.47 Å². The maximum absolute atomic E-state index is 5.44. The first-order chi connectivity index (χ1) is 7.69. The molecule has 0 unspecified atom stereocenters. The Balaban J connectivity index is 2.58. The molecule has 4 heteroatoms. The van der Waals surface area contributed by atoms with Crippen LogP contribution in [0.15, 0.2) is 10.8 Å². The van der Waals surface area contributed by atoms with Gasteiger partial charge in [0.1, 0.15) is 11.5 Å². The van der Waals surface area contributed by atoms with E-state index in [2.05, 4.69) is 24.6 Å². The van der Waals surface area contributed by atoms with Gasteiger partial charge in [-0.2, -0.15) is 0 Å². The van der Waals surface area contributed by atoms with Crippen LogP contribution in [0.2, 0.25) is 0 Å². The molecular weight excluding hydrogens is 240 g/mol. The SMILES string of the molecule is COc1c(C)csc1-c1scc(C)c1OC. The number of hydrogen-bond donors (Lipinski definition) is 0. The van der Waals surface area contributed by atoms with Crippen molar-refractivity contribution in [3.05, 3.63) is 21.9 Å². The monoisotopic (exact) mass is 254 g/mol. The molecule has 2 aromatic heterocycles. The highest BCUT2D eigenvalue weighted by atomic mass is 32.1. The molecule has 0 radical (unpaired) electrons. The van der Waals surface area contributed by atoms with Gasteiger partial charge in [0.05, 0.1) is 24.0 Å². The zero-order chi connectivity index (χ0) is 11.7. The first-order valence-corrected chi connectivity index (χ1v) is 6.69. The number of ether oxygens (including phenoxy) is 2. The van der Waals surface area contributed by atoms with Crippen molar-refractivity contribution in [3.63, 3.8) is 0 Å². The predicted octanol–water partition coefficient (Wildman–Crippen LogP) is 4.11.